The Hall–Kier alpha value is -3.95. The number of hydrogen-bond acceptors (Lipinski definition) is 6. The van der Waals surface area contributed by atoms with Crippen LogP contribution in [0.25, 0.3) is 0 Å². The molecule has 1 aliphatic heterocycles. The van der Waals surface area contributed by atoms with Gasteiger partial charge in [0.1, 0.15) is 24.7 Å². The van der Waals surface area contributed by atoms with Gasteiger partial charge in [-0.05, 0) is 79.7 Å². The van der Waals surface area contributed by atoms with Crippen molar-refractivity contribution in [2.45, 2.75) is 18.9 Å². The van der Waals surface area contributed by atoms with Gasteiger partial charge < -0.3 is 24.8 Å². The van der Waals surface area contributed by atoms with E-state index in [1.54, 1.807) is 48.5 Å². The van der Waals surface area contributed by atoms with Crippen molar-refractivity contribution in [1.29, 1.82) is 0 Å². The fourth-order valence-corrected chi connectivity index (χ4v) is 3.94. The maximum absolute atomic E-state index is 12.6. The zero-order chi connectivity index (χ0) is 25.9. The van der Waals surface area contributed by atoms with Gasteiger partial charge in [0.25, 0.3) is 11.8 Å². The lowest BCUT2D eigenvalue weighted by atomic mass is 10.1. The van der Waals surface area contributed by atoms with E-state index in [-0.39, 0.29) is 23.0 Å². The molecule has 0 spiro atoms. The molecule has 37 heavy (non-hydrogen) atoms. The highest BCUT2D eigenvalue weighted by molar-refractivity contribution is 7.80. The molecule has 1 fully saturated rings. The standard InChI is InChI=1S/C28H29N3O5S/c32-26(29-19-25-10-5-15-34-25)21-6-4-7-22(18-21)30-28(37)31-27(33)20-11-13-24(14-12-20)36-17-16-35-23-8-2-1-3-9-23/h1-4,6-9,11-14,18,25H,5,10,15-17,19H2,(H,29,32)(H2,30,31,33,37). The van der Waals surface area contributed by atoms with Crippen LogP contribution in [0, 0.1) is 0 Å². The van der Waals surface area contributed by atoms with Crippen LogP contribution >= 0.6 is 12.2 Å². The second-order valence-corrected chi connectivity index (χ2v) is 8.78. The second-order valence-electron chi connectivity index (χ2n) is 8.37. The van der Waals surface area contributed by atoms with Crippen LogP contribution in [-0.2, 0) is 4.74 Å². The lowest BCUT2D eigenvalue weighted by molar-refractivity contribution is 0.0857. The third kappa shape index (κ3) is 8.30. The predicted octanol–water partition coefficient (Wildman–Crippen LogP) is 4.18. The van der Waals surface area contributed by atoms with Gasteiger partial charge in [0.05, 0.1) is 6.10 Å². The molecule has 3 aromatic carbocycles. The van der Waals surface area contributed by atoms with E-state index >= 15 is 0 Å². The number of benzene rings is 3. The van der Waals surface area contributed by atoms with E-state index in [1.807, 2.05) is 30.3 Å². The molecule has 4 rings (SSSR count). The number of nitrogens with one attached hydrogen (secondary N) is 3. The van der Waals surface area contributed by atoms with Crippen molar-refractivity contribution in [2.24, 2.45) is 0 Å². The lowest BCUT2D eigenvalue weighted by Gasteiger charge is -2.13. The maximum Gasteiger partial charge on any atom is 0.257 e. The van der Waals surface area contributed by atoms with Crippen molar-refractivity contribution in [3.63, 3.8) is 0 Å². The monoisotopic (exact) mass is 519 g/mol. The zero-order valence-corrected chi connectivity index (χ0v) is 21.1. The van der Waals surface area contributed by atoms with Crippen LogP contribution in [0.15, 0.2) is 78.9 Å². The largest absolute Gasteiger partial charge is 0.490 e. The summed E-state index contributed by atoms with van der Waals surface area (Å²) in [6, 6.07) is 23.2. The summed E-state index contributed by atoms with van der Waals surface area (Å²) < 4.78 is 16.8. The van der Waals surface area contributed by atoms with Crippen LogP contribution in [0.5, 0.6) is 11.5 Å². The van der Waals surface area contributed by atoms with Gasteiger partial charge in [0.15, 0.2) is 5.11 Å². The Labute approximate surface area is 221 Å². The molecule has 2 amide bonds. The number of para-hydroxylation sites is 1. The molecule has 1 saturated heterocycles. The molecule has 1 atom stereocenters. The van der Waals surface area contributed by atoms with E-state index in [2.05, 4.69) is 16.0 Å². The number of rotatable bonds is 10. The van der Waals surface area contributed by atoms with E-state index in [9.17, 15) is 9.59 Å². The molecule has 0 bridgehead atoms. The van der Waals surface area contributed by atoms with Gasteiger partial charge in [-0.15, -0.1) is 0 Å². The summed E-state index contributed by atoms with van der Waals surface area (Å²) in [6.07, 6.45) is 2.04. The summed E-state index contributed by atoms with van der Waals surface area (Å²) in [5.74, 6) is 0.862. The molecule has 192 valence electrons. The second kappa shape index (κ2) is 13.4. The van der Waals surface area contributed by atoms with E-state index in [4.69, 9.17) is 26.4 Å². The molecule has 9 heteroatoms. The highest BCUT2D eigenvalue weighted by Crippen LogP contribution is 2.15. The number of thiocarbonyl (C=S) groups is 1. The maximum atomic E-state index is 12.6. The minimum absolute atomic E-state index is 0.0716. The summed E-state index contributed by atoms with van der Waals surface area (Å²) in [5.41, 5.74) is 1.51. The fourth-order valence-electron chi connectivity index (χ4n) is 3.73. The van der Waals surface area contributed by atoms with Gasteiger partial charge in [0, 0.05) is 30.0 Å². The van der Waals surface area contributed by atoms with Crippen LogP contribution < -0.4 is 25.4 Å². The summed E-state index contributed by atoms with van der Waals surface area (Å²) in [4.78, 5) is 25.0. The molecule has 1 aliphatic rings. The number of anilines is 1. The summed E-state index contributed by atoms with van der Waals surface area (Å²) in [6.45, 7) is 2.01. The Morgan fingerprint density at radius 2 is 1.59 bits per heavy atom. The Bertz CT molecular complexity index is 1200. The number of amides is 2. The van der Waals surface area contributed by atoms with Crippen molar-refractivity contribution in [3.8, 4) is 11.5 Å². The van der Waals surface area contributed by atoms with Crippen LogP contribution in [0.1, 0.15) is 33.6 Å². The third-order valence-electron chi connectivity index (χ3n) is 5.60. The summed E-state index contributed by atoms with van der Waals surface area (Å²) in [5, 5.41) is 8.62. The molecule has 0 saturated carbocycles. The Balaban J connectivity index is 1.20. The first-order valence-electron chi connectivity index (χ1n) is 12.1. The van der Waals surface area contributed by atoms with Gasteiger partial charge >= 0.3 is 0 Å². The van der Waals surface area contributed by atoms with E-state index in [1.165, 1.54) is 0 Å². The van der Waals surface area contributed by atoms with Crippen molar-refractivity contribution in [2.75, 3.05) is 31.7 Å². The van der Waals surface area contributed by atoms with E-state index < -0.39 is 0 Å². The smallest absolute Gasteiger partial charge is 0.257 e. The van der Waals surface area contributed by atoms with Gasteiger partial charge in [-0.2, -0.15) is 0 Å². The minimum atomic E-state index is -0.359. The SMILES string of the molecule is O=C(NCC1CCCO1)c1cccc(NC(=S)NC(=O)c2ccc(OCCOc3ccccc3)cc2)c1. The number of ether oxygens (including phenoxy) is 3. The average Bonchev–Trinajstić information content (AvgIpc) is 3.44. The van der Waals surface area contributed by atoms with Crippen molar-refractivity contribution in [3.05, 3.63) is 90.0 Å². The average molecular weight is 520 g/mol. The highest BCUT2D eigenvalue weighted by Gasteiger charge is 2.17. The van der Waals surface area contributed by atoms with E-state index in [0.29, 0.717) is 42.3 Å². The van der Waals surface area contributed by atoms with Crippen LogP contribution in [0.3, 0.4) is 0 Å². The molecule has 1 heterocycles. The Morgan fingerprint density at radius 3 is 2.30 bits per heavy atom. The number of carbonyl (C=O) groups excluding carboxylic acids is 2. The quantitative estimate of drug-likeness (QED) is 0.273. The zero-order valence-electron chi connectivity index (χ0n) is 20.3. The van der Waals surface area contributed by atoms with Gasteiger partial charge in [-0.3, -0.25) is 14.9 Å². The molecule has 3 aromatic rings. The van der Waals surface area contributed by atoms with Crippen LogP contribution in [0.2, 0.25) is 0 Å². The van der Waals surface area contributed by atoms with Crippen molar-refractivity contribution < 1.29 is 23.8 Å². The molecule has 1 unspecified atom stereocenters. The van der Waals surface area contributed by atoms with E-state index in [0.717, 1.165) is 25.2 Å². The minimum Gasteiger partial charge on any atom is -0.490 e. The predicted molar refractivity (Wildman–Crippen MR) is 145 cm³/mol. The molecular weight excluding hydrogens is 490 g/mol. The first-order valence-corrected chi connectivity index (χ1v) is 12.5. The number of hydrogen-bond donors (Lipinski definition) is 3. The van der Waals surface area contributed by atoms with Crippen LogP contribution in [-0.4, -0.2) is 49.4 Å². The van der Waals surface area contributed by atoms with Crippen molar-refractivity contribution in [1.82, 2.24) is 10.6 Å². The Kier molecular flexibility index (Phi) is 9.45. The molecule has 0 aliphatic carbocycles. The number of carbonyl (C=O) groups is 2. The summed E-state index contributed by atoms with van der Waals surface area (Å²) >= 11 is 5.28. The molecule has 0 aromatic heterocycles. The van der Waals surface area contributed by atoms with Gasteiger partial charge in [-0.25, -0.2) is 0 Å². The normalized spacial score (nSPS) is 14.4. The molecule has 8 nitrogen and oxygen atoms in total. The molecule has 0 radical (unpaired) electrons. The topological polar surface area (TPSA) is 97.9 Å². The first kappa shape index (κ1) is 26.1. The van der Waals surface area contributed by atoms with Gasteiger partial charge in [-0.1, -0.05) is 24.3 Å². The van der Waals surface area contributed by atoms with Crippen LogP contribution in [0.4, 0.5) is 5.69 Å². The summed E-state index contributed by atoms with van der Waals surface area (Å²) in [7, 11) is 0. The molecular formula is C28H29N3O5S. The van der Waals surface area contributed by atoms with Crippen molar-refractivity contribution >= 4 is 34.8 Å². The molecule has 3 N–H and O–H groups in total. The lowest BCUT2D eigenvalue weighted by Crippen LogP contribution is -2.34. The highest BCUT2D eigenvalue weighted by atomic mass is 32.1. The third-order valence-corrected chi connectivity index (χ3v) is 5.81. The van der Waals surface area contributed by atoms with Gasteiger partial charge in [0.2, 0.25) is 0 Å². The Morgan fingerprint density at radius 1 is 0.865 bits per heavy atom. The first-order chi connectivity index (χ1) is 18.1. The fraction of sp³-hybridized carbons (Fsp3) is 0.250.